The van der Waals surface area contributed by atoms with E-state index in [0.717, 1.165) is 18.3 Å². The highest BCUT2D eigenvalue weighted by Gasteiger charge is 2.14. The largest absolute Gasteiger partial charge is 0.493 e. The lowest BCUT2D eigenvalue weighted by Crippen LogP contribution is -2.11. The van der Waals surface area contributed by atoms with Crippen molar-refractivity contribution >= 4 is 0 Å². The van der Waals surface area contributed by atoms with E-state index in [4.69, 9.17) is 4.74 Å². The van der Waals surface area contributed by atoms with E-state index >= 15 is 0 Å². The molecule has 1 aromatic carbocycles. The smallest absolute Gasteiger partial charge is 0.122 e. The summed E-state index contributed by atoms with van der Waals surface area (Å²) >= 11 is 0. The molecule has 76 valence electrons. The Kier molecular flexibility index (Phi) is 2.76. The summed E-state index contributed by atoms with van der Waals surface area (Å²) in [6.45, 7) is 5.42. The third-order valence-corrected chi connectivity index (χ3v) is 2.69. The van der Waals surface area contributed by atoms with Crippen molar-refractivity contribution in [3.8, 4) is 5.75 Å². The Morgan fingerprint density at radius 1 is 1.36 bits per heavy atom. The molecule has 1 aliphatic heterocycles. The van der Waals surface area contributed by atoms with Gasteiger partial charge in [-0.15, -0.1) is 0 Å². The van der Waals surface area contributed by atoms with E-state index in [9.17, 15) is 0 Å². The SMILES string of the molecule is CC(C)Cc1cccc2c1CCCO2. The molecule has 0 amide bonds. The van der Waals surface area contributed by atoms with Gasteiger partial charge in [0, 0.05) is 0 Å². The topological polar surface area (TPSA) is 9.23 Å². The summed E-state index contributed by atoms with van der Waals surface area (Å²) in [4.78, 5) is 0. The fourth-order valence-corrected chi connectivity index (χ4v) is 2.09. The van der Waals surface area contributed by atoms with E-state index in [-0.39, 0.29) is 0 Å². The second-order valence-corrected chi connectivity index (χ2v) is 4.44. The lowest BCUT2D eigenvalue weighted by atomic mass is 9.94. The summed E-state index contributed by atoms with van der Waals surface area (Å²) in [6.07, 6.45) is 3.53. The van der Waals surface area contributed by atoms with Gasteiger partial charge in [0.25, 0.3) is 0 Å². The van der Waals surface area contributed by atoms with Crippen LogP contribution in [-0.2, 0) is 12.8 Å². The quantitative estimate of drug-likeness (QED) is 0.695. The molecule has 0 fully saturated rings. The number of rotatable bonds is 2. The molecule has 0 radical (unpaired) electrons. The van der Waals surface area contributed by atoms with Gasteiger partial charge in [-0.2, -0.15) is 0 Å². The first-order valence-electron chi connectivity index (χ1n) is 5.51. The van der Waals surface area contributed by atoms with Crippen molar-refractivity contribution < 1.29 is 4.74 Å². The fraction of sp³-hybridized carbons (Fsp3) is 0.538. The molecule has 0 unspecified atom stereocenters. The minimum absolute atomic E-state index is 0.725. The van der Waals surface area contributed by atoms with Crippen LogP contribution in [0.25, 0.3) is 0 Å². The number of fused-ring (bicyclic) bond motifs is 1. The molecule has 0 aromatic heterocycles. The molecule has 14 heavy (non-hydrogen) atoms. The van der Waals surface area contributed by atoms with Crippen molar-refractivity contribution in [1.82, 2.24) is 0 Å². The van der Waals surface area contributed by atoms with E-state index in [1.807, 2.05) is 0 Å². The van der Waals surface area contributed by atoms with Gasteiger partial charge in [0.05, 0.1) is 6.61 Å². The molecule has 2 rings (SSSR count). The molecule has 0 spiro atoms. The second kappa shape index (κ2) is 4.04. The Balaban J connectivity index is 2.30. The number of ether oxygens (including phenoxy) is 1. The van der Waals surface area contributed by atoms with Gasteiger partial charge in [-0.05, 0) is 42.4 Å². The van der Waals surface area contributed by atoms with Crippen LogP contribution >= 0.6 is 0 Å². The Labute approximate surface area is 86.1 Å². The third kappa shape index (κ3) is 1.92. The van der Waals surface area contributed by atoms with E-state index < -0.39 is 0 Å². The van der Waals surface area contributed by atoms with Crippen molar-refractivity contribution in [2.45, 2.75) is 33.1 Å². The maximum Gasteiger partial charge on any atom is 0.122 e. The fourth-order valence-electron chi connectivity index (χ4n) is 2.09. The maximum atomic E-state index is 5.65. The average Bonchev–Trinajstić information content (AvgIpc) is 2.18. The summed E-state index contributed by atoms with van der Waals surface area (Å²) in [5, 5.41) is 0. The lowest BCUT2D eigenvalue weighted by Gasteiger charge is -2.20. The highest BCUT2D eigenvalue weighted by atomic mass is 16.5. The highest BCUT2D eigenvalue weighted by molar-refractivity contribution is 5.41. The molecule has 0 saturated carbocycles. The maximum absolute atomic E-state index is 5.65. The molecule has 0 N–H and O–H groups in total. The summed E-state index contributed by atoms with van der Waals surface area (Å²) < 4.78 is 5.65. The molecule has 1 aromatic rings. The zero-order valence-corrected chi connectivity index (χ0v) is 9.05. The van der Waals surface area contributed by atoms with Crippen LogP contribution in [0.2, 0.25) is 0 Å². The predicted molar refractivity (Wildman–Crippen MR) is 58.8 cm³/mol. The zero-order valence-electron chi connectivity index (χ0n) is 9.05. The first-order valence-corrected chi connectivity index (χ1v) is 5.51. The van der Waals surface area contributed by atoms with Gasteiger partial charge < -0.3 is 4.74 Å². The standard InChI is InChI=1S/C13H18O/c1-10(2)9-11-5-3-7-13-12(11)6-4-8-14-13/h3,5,7,10H,4,6,8-9H2,1-2H3. The van der Waals surface area contributed by atoms with Gasteiger partial charge in [-0.25, -0.2) is 0 Å². The summed E-state index contributed by atoms with van der Waals surface area (Å²) in [6, 6.07) is 6.45. The molecule has 1 heterocycles. The Bertz CT molecular complexity index is 315. The van der Waals surface area contributed by atoms with Crippen LogP contribution in [0.5, 0.6) is 5.75 Å². The van der Waals surface area contributed by atoms with Crippen LogP contribution in [0.15, 0.2) is 18.2 Å². The van der Waals surface area contributed by atoms with Crippen LogP contribution in [-0.4, -0.2) is 6.61 Å². The van der Waals surface area contributed by atoms with Crippen LogP contribution in [0, 0.1) is 5.92 Å². The van der Waals surface area contributed by atoms with Crippen LogP contribution in [0.4, 0.5) is 0 Å². The molecule has 0 aliphatic carbocycles. The van der Waals surface area contributed by atoms with Crippen molar-refractivity contribution in [1.29, 1.82) is 0 Å². The van der Waals surface area contributed by atoms with Gasteiger partial charge in [0.2, 0.25) is 0 Å². The first-order chi connectivity index (χ1) is 6.77. The summed E-state index contributed by atoms with van der Waals surface area (Å²) in [7, 11) is 0. The molecule has 0 bridgehead atoms. The van der Waals surface area contributed by atoms with Crippen molar-refractivity contribution in [2.75, 3.05) is 6.61 Å². The predicted octanol–water partition coefficient (Wildman–Crippen LogP) is 3.21. The molecule has 1 aliphatic rings. The van der Waals surface area contributed by atoms with E-state index in [2.05, 4.69) is 32.0 Å². The first kappa shape index (κ1) is 9.57. The second-order valence-electron chi connectivity index (χ2n) is 4.44. The minimum Gasteiger partial charge on any atom is -0.493 e. The Morgan fingerprint density at radius 2 is 2.21 bits per heavy atom. The molecule has 1 heteroatoms. The van der Waals surface area contributed by atoms with Crippen LogP contribution in [0.1, 0.15) is 31.4 Å². The van der Waals surface area contributed by atoms with Gasteiger partial charge >= 0.3 is 0 Å². The van der Waals surface area contributed by atoms with Gasteiger partial charge in [0.15, 0.2) is 0 Å². The number of hydrogen-bond acceptors (Lipinski definition) is 1. The van der Waals surface area contributed by atoms with E-state index in [1.54, 1.807) is 0 Å². The van der Waals surface area contributed by atoms with Crippen molar-refractivity contribution in [3.63, 3.8) is 0 Å². The van der Waals surface area contributed by atoms with Gasteiger partial charge in [-0.1, -0.05) is 26.0 Å². The number of hydrogen-bond donors (Lipinski definition) is 0. The van der Waals surface area contributed by atoms with Crippen molar-refractivity contribution in [3.05, 3.63) is 29.3 Å². The zero-order chi connectivity index (χ0) is 9.97. The molecular formula is C13H18O. The molecule has 1 nitrogen and oxygen atoms in total. The Hall–Kier alpha value is -0.980. The summed E-state index contributed by atoms with van der Waals surface area (Å²) in [5.74, 6) is 1.85. The lowest BCUT2D eigenvalue weighted by molar-refractivity contribution is 0.287. The van der Waals surface area contributed by atoms with Crippen LogP contribution < -0.4 is 4.74 Å². The van der Waals surface area contributed by atoms with Crippen LogP contribution in [0.3, 0.4) is 0 Å². The Morgan fingerprint density at radius 3 is 3.00 bits per heavy atom. The molecule has 0 atom stereocenters. The monoisotopic (exact) mass is 190 g/mol. The normalized spacial score (nSPS) is 15.1. The number of benzene rings is 1. The van der Waals surface area contributed by atoms with Gasteiger partial charge in [-0.3, -0.25) is 0 Å². The molecular weight excluding hydrogens is 172 g/mol. The summed E-state index contributed by atoms with van der Waals surface area (Å²) in [5.41, 5.74) is 2.93. The average molecular weight is 190 g/mol. The van der Waals surface area contributed by atoms with E-state index in [0.29, 0.717) is 0 Å². The highest BCUT2D eigenvalue weighted by Crippen LogP contribution is 2.28. The van der Waals surface area contributed by atoms with E-state index in [1.165, 1.54) is 30.4 Å². The minimum atomic E-state index is 0.725. The van der Waals surface area contributed by atoms with Crippen molar-refractivity contribution in [2.24, 2.45) is 5.92 Å². The third-order valence-electron chi connectivity index (χ3n) is 2.69. The molecule has 0 saturated heterocycles. The van der Waals surface area contributed by atoms with Gasteiger partial charge in [0.1, 0.15) is 5.75 Å².